The molecule has 1 aromatic heterocycles. The number of rotatable bonds is 9. The van der Waals surface area contributed by atoms with Crippen molar-refractivity contribution in [3.8, 4) is 11.8 Å². The van der Waals surface area contributed by atoms with Crippen LogP contribution in [0.25, 0.3) is 0 Å². The molecule has 1 saturated carbocycles. The molecule has 1 unspecified atom stereocenters. The lowest BCUT2D eigenvalue weighted by Gasteiger charge is -2.56. The lowest BCUT2D eigenvalue weighted by Crippen LogP contribution is -2.62. The molecule has 9 rings (SSSR count). The first-order valence-electron chi connectivity index (χ1n) is 21.5. The Hall–Kier alpha value is -5.59. The largest absolute Gasteiger partial charge is 0.490 e. The highest BCUT2D eigenvalue weighted by molar-refractivity contribution is 6.31. The number of carbonyl (C=O) groups excluding carboxylic acids is 5. The van der Waals surface area contributed by atoms with E-state index in [9.17, 15) is 24.0 Å². The van der Waals surface area contributed by atoms with Crippen LogP contribution in [0.1, 0.15) is 108 Å². The van der Waals surface area contributed by atoms with Gasteiger partial charge in [0.1, 0.15) is 17.9 Å². The number of fused-ring (bicyclic) bond motifs is 1. The Morgan fingerprint density at radius 1 is 0.885 bits per heavy atom. The fourth-order valence-electron chi connectivity index (χ4n) is 10.3. The SMILES string of the molecule is CC1(CN2CC3(CCN(c4ccc5c(c4)C(=O)N(C4CCC(=O)NC4=O)C5=O)CC3)C2)CCN(c2ccc(C(=O)N[C@H]3CC[C@H](Oc4ccc(C#N)c(Cl)c4)CC3)nn2)CC1. The number of aromatic nitrogens is 2. The predicted molar refractivity (Wildman–Crippen MR) is 225 cm³/mol. The van der Waals surface area contributed by atoms with E-state index in [-0.39, 0.29) is 42.2 Å². The number of hydrogen-bond donors (Lipinski definition) is 2. The molecule has 5 aliphatic heterocycles. The molecular formula is C45H50ClN9O6. The van der Waals surface area contributed by atoms with E-state index in [1.807, 2.05) is 12.1 Å². The minimum Gasteiger partial charge on any atom is -0.490 e. The van der Waals surface area contributed by atoms with E-state index < -0.39 is 23.8 Å². The average Bonchev–Trinajstić information content (AvgIpc) is 3.49. The van der Waals surface area contributed by atoms with Crippen molar-refractivity contribution in [2.75, 3.05) is 55.6 Å². The maximum Gasteiger partial charge on any atom is 0.272 e. The van der Waals surface area contributed by atoms with Crippen LogP contribution in [0, 0.1) is 22.2 Å². The monoisotopic (exact) mass is 847 g/mol. The molecule has 2 N–H and O–H groups in total. The summed E-state index contributed by atoms with van der Waals surface area (Å²) in [5.41, 5.74) is 2.75. The van der Waals surface area contributed by atoms with Gasteiger partial charge in [-0.1, -0.05) is 18.5 Å². The molecule has 6 heterocycles. The molecule has 5 fully saturated rings. The van der Waals surface area contributed by atoms with Gasteiger partial charge in [-0.2, -0.15) is 5.26 Å². The maximum absolute atomic E-state index is 13.4. The molecule has 5 amide bonds. The number of amides is 5. The first-order valence-corrected chi connectivity index (χ1v) is 21.8. The van der Waals surface area contributed by atoms with Crippen molar-refractivity contribution in [2.45, 2.75) is 89.3 Å². The quantitative estimate of drug-likeness (QED) is 0.283. The summed E-state index contributed by atoms with van der Waals surface area (Å²) < 4.78 is 6.09. The summed E-state index contributed by atoms with van der Waals surface area (Å²) in [7, 11) is 0. The topological polar surface area (TPSA) is 181 Å². The highest BCUT2D eigenvalue weighted by atomic mass is 35.5. The number of likely N-dealkylation sites (tertiary alicyclic amines) is 1. The van der Waals surface area contributed by atoms with Crippen molar-refractivity contribution < 1.29 is 28.7 Å². The molecule has 0 radical (unpaired) electrons. The van der Waals surface area contributed by atoms with Gasteiger partial charge in [0, 0.05) is 70.0 Å². The van der Waals surface area contributed by atoms with E-state index in [2.05, 4.69) is 48.5 Å². The molecule has 6 aliphatic rings. The summed E-state index contributed by atoms with van der Waals surface area (Å²) in [6, 6.07) is 15.3. The van der Waals surface area contributed by atoms with Gasteiger partial charge in [-0.3, -0.25) is 34.2 Å². The average molecular weight is 848 g/mol. The zero-order valence-corrected chi connectivity index (χ0v) is 35.1. The third-order valence-corrected chi connectivity index (χ3v) is 14.2. The number of hydrogen-bond acceptors (Lipinski definition) is 12. The van der Waals surface area contributed by atoms with Crippen molar-refractivity contribution in [3.05, 3.63) is 75.9 Å². The summed E-state index contributed by atoms with van der Waals surface area (Å²) >= 11 is 6.16. The van der Waals surface area contributed by atoms with Crippen LogP contribution in [0.2, 0.25) is 5.02 Å². The number of halogens is 1. The van der Waals surface area contributed by atoms with Gasteiger partial charge in [0.2, 0.25) is 11.8 Å². The highest BCUT2D eigenvalue weighted by Gasteiger charge is 2.48. The van der Waals surface area contributed by atoms with Gasteiger partial charge in [0.25, 0.3) is 17.7 Å². The van der Waals surface area contributed by atoms with E-state index in [4.69, 9.17) is 21.6 Å². The standard InChI is InChI=1S/C45H50ClN9O6/c1-44(14-18-54(19-15-44)38-12-10-36(50-51-38)40(57)48-29-3-7-31(8-4-29)61-32-6-2-28(24-47)35(46)23-32)25-52-26-45(27-52)16-20-53(21-17-45)30-5-9-33-34(22-30)43(60)55(42(33)59)37-11-13-39(56)49-41(37)58/h2,5-6,9-10,12,22-23,29,31,37H,3-4,7-8,11,13-21,25-27H2,1H3,(H,48,57)(H,49,56,58)/t29-,31-,37?. The van der Waals surface area contributed by atoms with Gasteiger partial charge in [-0.15, -0.1) is 10.2 Å². The Morgan fingerprint density at radius 3 is 2.28 bits per heavy atom. The molecule has 15 nitrogen and oxygen atoms in total. The van der Waals surface area contributed by atoms with Gasteiger partial charge in [-0.25, -0.2) is 0 Å². The Morgan fingerprint density at radius 2 is 1.61 bits per heavy atom. The zero-order chi connectivity index (χ0) is 42.5. The van der Waals surface area contributed by atoms with Crippen molar-refractivity contribution in [1.82, 2.24) is 30.6 Å². The van der Waals surface area contributed by atoms with Gasteiger partial charge < -0.3 is 24.8 Å². The van der Waals surface area contributed by atoms with Gasteiger partial charge in [-0.05, 0) is 111 Å². The Labute approximate surface area is 359 Å². The first kappa shape index (κ1) is 40.8. The normalized spacial score (nSPS) is 24.8. The van der Waals surface area contributed by atoms with E-state index >= 15 is 0 Å². The molecule has 318 valence electrons. The smallest absolute Gasteiger partial charge is 0.272 e. The number of piperidine rings is 3. The number of imide groups is 2. The second-order valence-electron chi connectivity index (χ2n) is 18.2. The van der Waals surface area contributed by atoms with Crippen LogP contribution < -0.4 is 25.2 Å². The van der Waals surface area contributed by atoms with Crippen LogP contribution in [0.5, 0.6) is 5.75 Å². The molecule has 61 heavy (non-hydrogen) atoms. The molecule has 0 bridgehead atoms. The molecule has 2 aromatic carbocycles. The molecule has 1 atom stereocenters. The van der Waals surface area contributed by atoms with Crippen molar-refractivity contribution in [2.24, 2.45) is 10.8 Å². The van der Waals surface area contributed by atoms with E-state index in [1.54, 1.807) is 36.4 Å². The van der Waals surface area contributed by atoms with Crippen LogP contribution in [0.3, 0.4) is 0 Å². The van der Waals surface area contributed by atoms with E-state index in [1.165, 1.54) is 0 Å². The number of ether oxygens (including phenoxy) is 1. The van der Waals surface area contributed by atoms with Crippen LogP contribution in [0.15, 0.2) is 48.5 Å². The second-order valence-corrected chi connectivity index (χ2v) is 18.6. The summed E-state index contributed by atoms with van der Waals surface area (Å²) in [5.74, 6) is -0.733. The minimum absolute atomic E-state index is 0.0221. The third kappa shape index (κ3) is 8.27. The Bertz CT molecular complexity index is 2280. The summed E-state index contributed by atoms with van der Waals surface area (Å²) in [6.45, 7) is 9.10. The third-order valence-electron chi connectivity index (χ3n) is 13.9. The number of anilines is 2. The molecule has 3 aromatic rings. The van der Waals surface area contributed by atoms with Gasteiger partial charge >= 0.3 is 0 Å². The van der Waals surface area contributed by atoms with Crippen molar-refractivity contribution in [3.63, 3.8) is 0 Å². The molecule has 1 spiro atoms. The summed E-state index contributed by atoms with van der Waals surface area (Å²) in [4.78, 5) is 71.9. The Kier molecular flexibility index (Phi) is 10.9. The Balaban J connectivity index is 0.696. The second kappa shape index (κ2) is 16.4. The van der Waals surface area contributed by atoms with Crippen LogP contribution in [-0.4, -0.2) is 114 Å². The molecule has 16 heteroatoms. The van der Waals surface area contributed by atoms with E-state index in [0.29, 0.717) is 38.6 Å². The van der Waals surface area contributed by atoms with Crippen molar-refractivity contribution in [1.29, 1.82) is 5.26 Å². The fourth-order valence-corrected chi connectivity index (χ4v) is 10.5. The minimum atomic E-state index is -0.969. The number of nitrogens with zero attached hydrogens (tertiary/aromatic N) is 7. The van der Waals surface area contributed by atoms with Gasteiger partial charge in [0.05, 0.1) is 27.8 Å². The first-order chi connectivity index (χ1) is 29.4. The van der Waals surface area contributed by atoms with Gasteiger partial charge in [0.15, 0.2) is 11.5 Å². The fraction of sp³-hybridized carbons (Fsp3) is 0.511. The zero-order valence-electron chi connectivity index (χ0n) is 34.3. The molecule has 1 aliphatic carbocycles. The summed E-state index contributed by atoms with van der Waals surface area (Å²) in [6.07, 6.45) is 7.62. The molecular weight excluding hydrogens is 798 g/mol. The molecule has 4 saturated heterocycles. The van der Waals surface area contributed by atoms with Crippen LogP contribution >= 0.6 is 11.6 Å². The lowest BCUT2D eigenvalue weighted by molar-refractivity contribution is -0.136. The number of carbonyl (C=O) groups is 5. The number of nitrogens with one attached hydrogen (secondary N) is 2. The number of nitriles is 1. The predicted octanol–water partition coefficient (Wildman–Crippen LogP) is 4.73. The van der Waals surface area contributed by atoms with E-state index in [0.717, 1.165) is 114 Å². The van der Waals surface area contributed by atoms with Crippen LogP contribution in [0.4, 0.5) is 11.5 Å². The summed E-state index contributed by atoms with van der Waals surface area (Å²) in [5, 5.41) is 23.6. The lowest BCUT2D eigenvalue weighted by atomic mass is 9.70. The van der Waals surface area contributed by atoms with Crippen molar-refractivity contribution >= 4 is 52.6 Å². The maximum atomic E-state index is 13.4. The van der Waals surface area contributed by atoms with Crippen LogP contribution in [-0.2, 0) is 9.59 Å². The highest BCUT2D eigenvalue weighted by Crippen LogP contribution is 2.44. The number of benzene rings is 2.